The number of hydrogen-bond donors (Lipinski definition) is 2. The highest BCUT2D eigenvalue weighted by atomic mass is 32.2. The molecule has 2 aliphatic rings. The Labute approximate surface area is 195 Å². The molecule has 1 aliphatic heterocycles. The minimum absolute atomic E-state index is 0.0128. The van der Waals surface area contributed by atoms with E-state index < -0.39 is 16.5 Å². The lowest BCUT2D eigenvalue weighted by atomic mass is 9.73. The third kappa shape index (κ3) is 4.17. The monoisotopic (exact) mass is 473 g/mol. The van der Waals surface area contributed by atoms with Gasteiger partial charge in [0.25, 0.3) is 12.0 Å². The average Bonchev–Trinajstić information content (AvgIpc) is 3.06. The van der Waals surface area contributed by atoms with Crippen molar-refractivity contribution in [3.63, 3.8) is 0 Å². The van der Waals surface area contributed by atoms with Crippen LogP contribution in [0.3, 0.4) is 0 Å². The fraction of sp³-hybridized carbons (Fsp3) is 0.522. The van der Waals surface area contributed by atoms with E-state index >= 15 is 0 Å². The third-order valence-corrected chi connectivity index (χ3v) is 8.32. The number of carbonyl (C=O) groups excluding carboxylic acids is 1. The Bertz CT molecular complexity index is 1150. The molecule has 0 radical (unpaired) electrons. The number of aromatic nitrogens is 2. The van der Waals surface area contributed by atoms with Crippen LogP contribution in [0.2, 0.25) is 0 Å². The first kappa shape index (κ1) is 23.4. The van der Waals surface area contributed by atoms with Crippen LogP contribution < -0.4 is 25.7 Å². The van der Waals surface area contributed by atoms with E-state index in [9.17, 15) is 13.8 Å². The zero-order chi connectivity index (χ0) is 24.0. The Hall–Kier alpha value is -2.72. The number of benzene rings is 1. The molecule has 10 heteroatoms. The molecule has 2 atom stereocenters. The van der Waals surface area contributed by atoms with Gasteiger partial charge in [-0.15, -0.1) is 0 Å². The van der Waals surface area contributed by atoms with E-state index in [1.54, 1.807) is 7.05 Å². The standard InChI is InChI=1S/C23H31N5O4S/c1-22(2,3)33(31)26-18-16-8-6-5-7-15(16)13-23(18)9-11-28(12-10-23)21-25-19(24)17(32-14-29)20(30)27(21)4/h5-8,14,18,26H,9-13,24H2,1-4H3/t18?,33-/m1/s1. The molecule has 33 heavy (non-hydrogen) atoms. The number of fused-ring (bicyclic) bond motifs is 1. The van der Waals surface area contributed by atoms with E-state index in [1.807, 2.05) is 31.7 Å². The zero-order valence-corrected chi connectivity index (χ0v) is 20.3. The molecule has 1 aliphatic carbocycles. The van der Waals surface area contributed by atoms with Gasteiger partial charge in [-0.2, -0.15) is 4.98 Å². The molecule has 0 saturated carbocycles. The molecule has 9 nitrogen and oxygen atoms in total. The van der Waals surface area contributed by atoms with Crippen LogP contribution in [0, 0.1) is 5.41 Å². The summed E-state index contributed by atoms with van der Waals surface area (Å²) in [5, 5.41) is 0. The molecule has 4 rings (SSSR count). The summed E-state index contributed by atoms with van der Waals surface area (Å²) in [7, 11) is 0.390. The third-order valence-electron chi connectivity index (χ3n) is 6.76. The Morgan fingerprint density at radius 3 is 2.58 bits per heavy atom. The summed E-state index contributed by atoms with van der Waals surface area (Å²) in [5.41, 5.74) is 7.82. The molecular formula is C23H31N5O4S. The highest BCUT2D eigenvalue weighted by molar-refractivity contribution is 7.84. The van der Waals surface area contributed by atoms with Crippen LogP contribution >= 0.6 is 0 Å². The van der Waals surface area contributed by atoms with E-state index in [4.69, 9.17) is 10.5 Å². The molecule has 178 valence electrons. The molecule has 1 saturated heterocycles. The molecular weight excluding hydrogens is 442 g/mol. The molecule has 0 bridgehead atoms. The molecule has 2 heterocycles. The van der Waals surface area contributed by atoms with E-state index in [0.29, 0.717) is 19.0 Å². The highest BCUT2D eigenvalue weighted by Crippen LogP contribution is 2.52. The van der Waals surface area contributed by atoms with Gasteiger partial charge in [-0.3, -0.25) is 14.2 Å². The maximum absolute atomic E-state index is 13.0. The van der Waals surface area contributed by atoms with Crippen LogP contribution in [0.15, 0.2) is 29.1 Å². The van der Waals surface area contributed by atoms with Gasteiger partial charge in [-0.05, 0) is 56.6 Å². The molecule has 1 fully saturated rings. The summed E-state index contributed by atoms with van der Waals surface area (Å²) in [6.07, 6.45) is 2.59. The normalized spacial score (nSPS) is 20.5. The number of nitrogen functional groups attached to an aromatic ring is 1. The van der Waals surface area contributed by atoms with Gasteiger partial charge in [0, 0.05) is 20.1 Å². The SMILES string of the molecule is Cn1c(N2CCC3(CC2)Cc2ccccc2C3N[S@](=O)C(C)(C)C)nc(N)c(OC=O)c1=O. The summed E-state index contributed by atoms with van der Waals surface area (Å²) in [6, 6.07) is 8.36. The van der Waals surface area contributed by atoms with E-state index in [0.717, 1.165) is 19.3 Å². The number of anilines is 2. The van der Waals surface area contributed by atoms with Crippen LogP contribution in [0.4, 0.5) is 11.8 Å². The van der Waals surface area contributed by atoms with Gasteiger partial charge >= 0.3 is 0 Å². The van der Waals surface area contributed by atoms with Crippen molar-refractivity contribution in [1.82, 2.24) is 14.3 Å². The number of piperidine rings is 1. The molecule has 3 N–H and O–H groups in total. The molecule has 1 unspecified atom stereocenters. The summed E-state index contributed by atoms with van der Waals surface area (Å²) in [6.45, 7) is 7.43. The molecule has 1 aromatic carbocycles. The lowest BCUT2D eigenvalue weighted by molar-refractivity contribution is -0.120. The van der Waals surface area contributed by atoms with Gasteiger partial charge in [0.05, 0.1) is 21.8 Å². The number of nitrogens with zero attached hydrogens (tertiary/aromatic N) is 3. The second kappa shape index (κ2) is 8.57. The van der Waals surface area contributed by atoms with Gasteiger partial charge in [-0.25, -0.2) is 8.93 Å². The van der Waals surface area contributed by atoms with Gasteiger partial charge in [0.15, 0.2) is 5.82 Å². The Morgan fingerprint density at radius 1 is 1.27 bits per heavy atom. The predicted octanol–water partition coefficient (Wildman–Crippen LogP) is 1.83. The molecule has 0 amide bonds. The number of ether oxygens (including phenoxy) is 1. The topological polar surface area (TPSA) is 120 Å². The molecule has 1 spiro atoms. The zero-order valence-electron chi connectivity index (χ0n) is 19.5. The first-order chi connectivity index (χ1) is 15.6. The van der Waals surface area contributed by atoms with Crippen molar-refractivity contribution in [2.24, 2.45) is 12.5 Å². The van der Waals surface area contributed by atoms with Crippen LogP contribution in [0.25, 0.3) is 0 Å². The largest absolute Gasteiger partial charge is 0.419 e. The average molecular weight is 474 g/mol. The number of nitrogens with one attached hydrogen (secondary N) is 1. The Kier molecular flexibility index (Phi) is 6.09. The van der Waals surface area contributed by atoms with Gasteiger partial charge in [0.1, 0.15) is 0 Å². The lowest BCUT2D eigenvalue weighted by Crippen LogP contribution is -2.48. The van der Waals surface area contributed by atoms with Gasteiger partial charge in [-0.1, -0.05) is 24.3 Å². The Balaban J connectivity index is 1.61. The fourth-order valence-electron chi connectivity index (χ4n) is 4.91. The van der Waals surface area contributed by atoms with Crippen molar-refractivity contribution in [2.45, 2.75) is 50.8 Å². The first-order valence-corrected chi connectivity index (χ1v) is 12.2. The van der Waals surface area contributed by atoms with E-state index in [-0.39, 0.29) is 34.2 Å². The number of nitrogens with two attached hydrogens (primary N) is 1. The van der Waals surface area contributed by atoms with Crippen LogP contribution in [0.5, 0.6) is 5.75 Å². The van der Waals surface area contributed by atoms with Crippen LogP contribution in [0.1, 0.15) is 50.8 Å². The van der Waals surface area contributed by atoms with Crippen LogP contribution in [-0.2, 0) is 29.2 Å². The van der Waals surface area contributed by atoms with Crippen molar-refractivity contribution in [1.29, 1.82) is 0 Å². The first-order valence-electron chi connectivity index (χ1n) is 11.0. The minimum Gasteiger partial charge on any atom is -0.419 e. The summed E-state index contributed by atoms with van der Waals surface area (Å²) < 4.78 is 22.2. The number of hydrogen-bond acceptors (Lipinski definition) is 7. The minimum atomic E-state index is -1.20. The van der Waals surface area contributed by atoms with Crippen molar-refractivity contribution in [2.75, 3.05) is 23.7 Å². The predicted molar refractivity (Wildman–Crippen MR) is 128 cm³/mol. The second-order valence-corrected chi connectivity index (χ2v) is 11.9. The lowest BCUT2D eigenvalue weighted by Gasteiger charge is -2.44. The summed E-state index contributed by atoms with van der Waals surface area (Å²) in [4.78, 5) is 29.7. The smallest absolute Gasteiger partial charge is 0.300 e. The van der Waals surface area contributed by atoms with Crippen LogP contribution in [-0.4, -0.2) is 38.1 Å². The van der Waals surface area contributed by atoms with E-state index in [2.05, 4.69) is 27.9 Å². The highest BCUT2D eigenvalue weighted by Gasteiger charge is 2.49. The van der Waals surface area contributed by atoms with Gasteiger partial charge < -0.3 is 15.4 Å². The maximum atomic E-state index is 13.0. The second-order valence-electron chi connectivity index (χ2n) is 9.86. The van der Waals surface area contributed by atoms with E-state index in [1.165, 1.54) is 15.7 Å². The van der Waals surface area contributed by atoms with Crippen molar-refractivity contribution in [3.8, 4) is 5.75 Å². The van der Waals surface area contributed by atoms with Gasteiger partial charge in [0.2, 0.25) is 11.7 Å². The molecule has 2 aromatic rings. The summed E-state index contributed by atoms with van der Waals surface area (Å²) in [5.74, 6) is 0.0858. The quantitative estimate of drug-likeness (QED) is 0.636. The Morgan fingerprint density at radius 2 is 1.94 bits per heavy atom. The van der Waals surface area contributed by atoms with Crippen molar-refractivity contribution in [3.05, 3.63) is 45.7 Å². The number of rotatable bonds is 5. The number of carbonyl (C=O) groups is 1. The summed E-state index contributed by atoms with van der Waals surface area (Å²) >= 11 is 0. The maximum Gasteiger partial charge on any atom is 0.300 e. The van der Waals surface area contributed by atoms with Crippen molar-refractivity contribution < 1.29 is 13.7 Å². The fourth-order valence-corrected chi connectivity index (χ4v) is 5.85. The van der Waals surface area contributed by atoms with Crippen molar-refractivity contribution >= 4 is 29.2 Å². The molecule has 1 aromatic heterocycles.